The molecule has 0 aliphatic heterocycles. The summed E-state index contributed by atoms with van der Waals surface area (Å²) in [5, 5.41) is 11.0. The second-order valence-electron chi connectivity index (χ2n) is 8.60. The highest BCUT2D eigenvalue weighted by atomic mass is 15.3. The third-order valence-corrected chi connectivity index (χ3v) is 6.50. The molecular weight excluding hydrogens is 372 g/mol. The van der Waals surface area contributed by atoms with Crippen molar-refractivity contribution in [2.24, 2.45) is 0 Å². The number of aromatic amines is 1. The molecule has 3 aromatic heterocycles. The Bertz CT molecular complexity index is 1220. The van der Waals surface area contributed by atoms with Crippen molar-refractivity contribution < 1.29 is 0 Å². The fourth-order valence-electron chi connectivity index (χ4n) is 4.87. The molecule has 6 heteroatoms. The topological polar surface area (TPSA) is 72.3 Å². The molecule has 0 bridgehead atoms. The van der Waals surface area contributed by atoms with Crippen LogP contribution in [0.3, 0.4) is 0 Å². The van der Waals surface area contributed by atoms with Gasteiger partial charge in [-0.2, -0.15) is 0 Å². The van der Waals surface area contributed by atoms with Crippen LogP contribution in [0.2, 0.25) is 0 Å². The van der Waals surface area contributed by atoms with Crippen LogP contribution in [0.25, 0.3) is 22.6 Å². The molecule has 1 aromatic carbocycles. The third kappa shape index (κ3) is 3.03. The van der Waals surface area contributed by atoms with Crippen molar-refractivity contribution in [2.45, 2.75) is 51.0 Å². The van der Waals surface area contributed by atoms with Crippen LogP contribution in [0.15, 0.2) is 49.1 Å². The molecule has 6 rings (SSSR count). The first-order chi connectivity index (χ1) is 14.8. The van der Waals surface area contributed by atoms with E-state index in [1.807, 2.05) is 31.6 Å². The van der Waals surface area contributed by atoms with Crippen LogP contribution in [-0.4, -0.2) is 29.9 Å². The molecule has 1 saturated carbocycles. The minimum atomic E-state index is 0.580. The van der Waals surface area contributed by atoms with E-state index in [2.05, 4.69) is 54.3 Å². The number of nitrogens with zero attached hydrogens (tertiary/aromatic N) is 5. The lowest BCUT2D eigenvalue weighted by atomic mass is 9.93. The van der Waals surface area contributed by atoms with Crippen LogP contribution in [0.1, 0.15) is 53.5 Å². The summed E-state index contributed by atoms with van der Waals surface area (Å²) in [4.78, 5) is 9.20. The maximum absolute atomic E-state index is 4.66. The van der Waals surface area contributed by atoms with Crippen molar-refractivity contribution in [3.8, 4) is 22.6 Å². The van der Waals surface area contributed by atoms with Gasteiger partial charge in [-0.15, -0.1) is 5.10 Å². The number of hydrogen-bond acceptors (Lipinski definition) is 4. The summed E-state index contributed by atoms with van der Waals surface area (Å²) < 4.78 is 2.23. The largest absolute Gasteiger partial charge is 0.336 e. The highest BCUT2D eigenvalue weighted by molar-refractivity contribution is 5.67. The van der Waals surface area contributed by atoms with Gasteiger partial charge in [0.2, 0.25) is 0 Å². The summed E-state index contributed by atoms with van der Waals surface area (Å²) in [7, 11) is 0. The van der Waals surface area contributed by atoms with Crippen molar-refractivity contribution in [1.29, 1.82) is 0 Å². The number of rotatable bonds is 5. The number of nitrogens with one attached hydrogen (secondary N) is 1. The Hall–Kier alpha value is -3.28. The standard InChI is InChI=1S/C24H24N6/c1-15-24(28-29-27-15)18-9-10-25-21(11-18)22-13-30(14-26-22)12-19-8-7-17-3-2-4-20(23(17)19)16-5-6-16/h2-4,9-11,13-14,16,19H,5-8,12H2,1H3,(H,27,28,29)/t19-/m1/s1. The van der Waals surface area contributed by atoms with Crippen LogP contribution < -0.4 is 0 Å². The monoisotopic (exact) mass is 396 g/mol. The van der Waals surface area contributed by atoms with E-state index < -0.39 is 0 Å². The number of pyridine rings is 1. The van der Waals surface area contributed by atoms with E-state index in [4.69, 9.17) is 0 Å². The van der Waals surface area contributed by atoms with Crippen LogP contribution >= 0.6 is 0 Å². The van der Waals surface area contributed by atoms with Crippen LogP contribution in [0.4, 0.5) is 0 Å². The quantitative estimate of drug-likeness (QED) is 0.533. The van der Waals surface area contributed by atoms with Gasteiger partial charge in [0.15, 0.2) is 0 Å². The predicted octanol–water partition coefficient (Wildman–Crippen LogP) is 4.65. The van der Waals surface area contributed by atoms with Crippen LogP contribution in [0.5, 0.6) is 0 Å². The molecule has 1 atom stereocenters. The molecule has 2 aliphatic rings. The second-order valence-corrected chi connectivity index (χ2v) is 8.60. The molecule has 4 aromatic rings. The van der Waals surface area contributed by atoms with E-state index in [1.165, 1.54) is 25.7 Å². The molecule has 1 fully saturated rings. The molecule has 1 N–H and O–H groups in total. The van der Waals surface area contributed by atoms with Gasteiger partial charge >= 0.3 is 0 Å². The molecule has 30 heavy (non-hydrogen) atoms. The Balaban J connectivity index is 1.27. The molecule has 0 unspecified atom stereocenters. The lowest BCUT2D eigenvalue weighted by molar-refractivity contribution is 0.552. The zero-order valence-electron chi connectivity index (χ0n) is 17.0. The van der Waals surface area contributed by atoms with Gasteiger partial charge in [-0.05, 0) is 67.3 Å². The van der Waals surface area contributed by atoms with Crippen molar-refractivity contribution in [3.05, 3.63) is 71.4 Å². The lowest BCUT2D eigenvalue weighted by Gasteiger charge is -2.16. The Morgan fingerprint density at radius 3 is 2.87 bits per heavy atom. The van der Waals surface area contributed by atoms with E-state index in [0.717, 1.165) is 40.8 Å². The Labute approximate surface area is 175 Å². The van der Waals surface area contributed by atoms with Gasteiger partial charge in [-0.1, -0.05) is 23.4 Å². The van der Waals surface area contributed by atoms with Crippen molar-refractivity contribution in [3.63, 3.8) is 0 Å². The summed E-state index contributed by atoms with van der Waals surface area (Å²) in [6.07, 6.45) is 11.0. The Morgan fingerprint density at radius 1 is 1.10 bits per heavy atom. The number of imidazole rings is 1. The first-order valence-electron chi connectivity index (χ1n) is 10.7. The first kappa shape index (κ1) is 17.6. The number of aryl methyl sites for hydroxylation is 2. The molecule has 3 heterocycles. The smallest absolute Gasteiger partial charge is 0.115 e. The Morgan fingerprint density at radius 2 is 2.03 bits per heavy atom. The minimum Gasteiger partial charge on any atom is -0.336 e. The van der Waals surface area contributed by atoms with Gasteiger partial charge in [-0.25, -0.2) is 4.98 Å². The minimum absolute atomic E-state index is 0.580. The molecular formula is C24H24N6. The highest BCUT2D eigenvalue weighted by Crippen LogP contribution is 2.47. The van der Waals surface area contributed by atoms with Gasteiger partial charge in [0, 0.05) is 30.4 Å². The predicted molar refractivity (Wildman–Crippen MR) is 115 cm³/mol. The van der Waals surface area contributed by atoms with E-state index >= 15 is 0 Å². The van der Waals surface area contributed by atoms with Crippen molar-refractivity contribution in [1.82, 2.24) is 29.9 Å². The van der Waals surface area contributed by atoms with E-state index in [0.29, 0.717) is 5.92 Å². The normalized spacial score (nSPS) is 18.0. The summed E-state index contributed by atoms with van der Waals surface area (Å²) >= 11 is 0. The molecule has 0 spiro atoms. The van der Waals surface area contributed by atoms with Gasteiger partial charge in [-0.3, -0.25) is 10.1 Å². The number of benzene rings is 1. The van der Waals surface area contributed by atoms with Gasteiger partial charge in [0.1, 0.15) is 11.4 Å². The molecule has 0 radical (unpaired) electrons. The number of aromatic nitrogens is 6. The molecule has 0 saturated heterocycles. The second kappa shape index (κ2) is 6.90. The Kier molecular flexibility index (Phi) is 4.04. The maximum Gasteiger partial charge on any atom is 0.115 e. The summed E-state index contributed by atoms with van der Waals surface area (Å²) in [6.45, 7) is 2.95. The van der Waals surface area contributed by atoms with Gasteiger partial charge in [0.05, 0.1) is 17.7 Å². The van der Waals surface area contributed by atoms with E-state index in [9.17, 15) is 0 Å². The van der Waals surface area contributed by atoms with E-state index in [1.54, 1.807) is 16.7 Å². The highest BCUT2D eigenvalue weighted by Gasteiger charge is 2.32. The SMILES string of the molecule is Cc1[nH]nnc1-c1ccnc(-c2cn(C[C@H]3CCc4cccc(C5CC5)c43)cn2)c1. The zero-order chi connectivity index (χ0) is 20.1. The van der Waals surface area contributed by atoms with Crippen LogP contribution in [0, 0.1) is 6.92 Å². The van der Waals surface area contributed by atoms with Crippen LogP contribution in [-0.2, 0) is 13.0 Å². The average molecular weight is 396 g/mol. The summed E-state index contributed by atoms with van der Waals surface area (Å²) in [6, 6.07) is 10.9. The van der Waals surface area contributed by atoms with Gasteiger partial charge in [0.25, 0.3) is 0 Å². The number of H-pyrrole nitrogens is 1. The molecule has 6 nitrogen and oxygen atoms in total. The fourth-order valence-corrected chi connectivity index (χ4v) is 4.87. The van der Waals surface area contributed by atoms with Crippen molar-refractivity contribution >= 4 is 0 Å². The summed E-state index contributed by atoms with van der Waals surface area (Å²) in [5.74, 6) is 1.38. The third-order valence-electron chi connectivity index (χ3n) is 6.50. The first-order valence-corrected chi connectivity index (χ1v) is 10.7. The zero-order valence-corrected chi connectivity index (χ0v) is 17.0. The molecule has 2 aliphatic carbocycles. The van der Waals surface area contributed by atoms with Gasteiger partial charge < -0.3 is 4.57 Å². The van der Waals surface area contributed by atoms with E-state index in [-0.39, 0.29) is 0 Å². The molecule has 0 amide bonds. The molecule has 150 valence electrons. The average Bonchev–Trinajstić information content (AvgIpc) is 3.15. The fraction of sp³-hybridized carbons (Fsp3) is 0.333. The van der Waals surface area contributed by atoms with Crippen molar-refractivity contribution in [2.75, 3.05) is 0 Å². The number of fused-ring (bicyclic) bond motifs is 1. The number of hydrogen-bond donors (Lipinski definition) is 1. The summed E-state index contributed by atoms with van der Waals surface area (Å²) in [5.41, 5.74) is 9.34. The lowest BCUT2D eigenvalue weighted by Crippen LogP contribution is -2.07. The maximum atomic E-state index is 4.66.